The Labute approximate surface area is 146 Å². The highest BCUT2D eigenvalue weighted by molar-refractivity contribution is 7.89. The van der Waals surface area contributed by atoms with Crippen LogP contribution in [0.15, 0.2) is 41.4 Å². The third-order valence-corrected chi connectivity index (χ3v) is 6.09. The van der Waals surface area contributed by atoms with Crippen molar-refractivity contribution in [3.05, 3.63) is 47.2 Å². The van der Waals surface area contributed by atoms with Crippen molar-refractivity contribution in [1.29, 1.82) is 0 Å². The molecule has 0 aliphatic carbocycles. The number of hydrogen-bond acceptors (Lipinski definition) is 5. The van der Waals surface area contributed by atoms with E-state index in [1.807, 2.05) is 13.0 Å². The first-order chi connectivity index (χ1) is 11.4. The van der Waals surface area contributed by atoms with E-state index in [1.165, 1.54) is 4.31 Å². The van der Waals surface area contributed by atoms with Gasteiger partial charge in [0.2, 0.25) is 16.0 Å². The quantitative estimate of drug-likeness (QED) is 0.900. The molecule has 1 saturated heterocycles. The van der Waals surface area contributed by atoms with Gasteiger partial charge in [-0.05, 0) is 50.1 Å². The summed E-state index contributed by atoms with van der Waals surface area (Å²) >= 11 is 5.84. The summed E-state index contributed by atoms with van der Waals surface area (Å²) in [7, 11) is -3.52. The Kier molecular flexibility index (Phi) is 5.03. The Bertz CT molecular complexity index is 811. The number of nitrogens with one attached hydrogen (secondary N) is 1. The van der Waals surface area contributed by atoms with Crippen molar-refractivity contribution in [1.82, 2.24) is 14.3 Å². The molecular formula is C16H19ClN4O2S. The minimum Gasteiger partial charge on any atom is -0.350 e. The fourth-order valence-corrected chi connectivity index (χ4v) is 4.39. The van der Waals surface area contributed by atoms with Crippen LogP contribution in [0.3, 0.4) is 0 Å². The van der Waals surface area contributed by atoms with Crippen molar-refractivity contribution in [3.63, 3.8) is 0 Å². The Hall–Kier alpha value is -1.70. The SMILES string of the molecule is Cc1ccnc(NC2CCCN(S(=O)(=O)c3ccc(Cl)cc3)C2)n1. The summed E-state index contributed by atoms with van der Waals surface area (Å²) < 4.78 is 27.1. The van der Waals surface area contributed by atoms with Crippen LogP contribution in [0.5, 0.6) is 0 Å². The van der Waals surface area contributed by atoms with Crippen molar-refractivity contribution in [2.75, 3.05) is 18.4 Å². The first-order valence-electron chi connectivity index (χ1n) is 7.77. The van der Waals surface area contributed by atoms with Gasteiger partial charge in [0.1, 0.15) is 0 Å². The number of piperidine rings is 1. The lowest BCUT2D eigenvalue weighted by Gasteiger charge is -2.32. The van der Waals surface area contributed by atoms with Crippen molar-refractivity contribution >= 4 is 27.6 Å². The maximum Gasteiger partial charge on any atom is 0.243 e. The molecule has 2 aromatic rings. The van der Waals surface area contributed by atoms with Crippen molar-refractivity contribution in [2.45, 2.75) is 30.7 Å². The number of aryl methyl sites for hydroxylation is 1. The number of hydrogen-bond donors (Lipinski definition) is 1. The van der Waals surface area contributed by atoms with Gasteiger partial charge in [0, 0.05) is 36.0 Å². The Balaban J connectivity index is 1.74. The zero-order chi connectivity index (χ0) is 17.2. The van der Waals surface area contributed by atoms with Gasteiger partial charge in [-0.2, -0.15) is 4.31 Å². The number of rotatable bonds is 4. The standard InChI is InChI=1S/C16H19ClN4O2S/c1-12-8-9-18-16(19-12)20-14-3-2-10-21(11-14)24(22,23)15-6-4-13(17)5-7-15/h4-9,14H,2-3,10-11H2,1H3,(H,18,19,20). The molecule has 1 fully saturated rings. The van der Waals surface area contributed by atoms with E-state index >= 15 is 0 Å². The second-order valence-electron chi connectivity index (χ2n) is 5.82. The molecule has 1 aromatic heterocycles. The lowest BCUT2D eigenvalue weighted by Crippen LogP contribution is -2.45. The number of benzene rings is 1. The molecule has 3 rings (SSSR count). The number of aromatic nitrogens is 2. The van der Waals surface area contributed by atoms with Gasteiger partial charge < -0.3 is 5.32 Å². The molecule has 0 radical (unpaired) electrons. The monoisotopic (exact) mass is 366 g/mol. The van der Waals surface area contributed by atoms with E-state index < -0.39 is 10.0 Å². The van der Waals surface area contributed by atoms with Gasteiger partial charge in [-0.15, -0.1) is 0 Å². The smallest absolute Gasteiger partial charge is 0.243 e. The molecule has 0 spiro atoms. The van der Waals surface area contributed by atoms with Crippen LogP contribution in [0.25, 0.3) is 0 Å². The second-order valence-corrected chi connectivity index (χ2v) is 8.20. The predicted molar refractivity (Wildman–Crippen MR) is 93.6 cm³/mol. The predicted octanol–water partition coefficient (Wildman–Crippen LogP) is 2.70. The van der Waals surface area contributed by atoms with E-state index in [4.69, 9.17) is 11.6 Å². The van der Waals surface area contributed by atoms with Gasteiger partial charge in [0.25, 0.3) is 0 Å². The molecule has 0 bridgehead atoms. The van der Waals surface area contributed by atoms with Gasteiger partial charge in [0.15, 0.2) is 0 Å². The highest BCUT2D eigenvalue weighted by Crippen LogP contribution is 2.23. The lowest BCUT2D eigenvalue weighted by atomic mass is 10.1. The van der Waals surface area contributed by atoms with Crippen molar-refractivity contribution in [3.8, 4) is 0 Å². The summed E-state index contributed by atoms with van der Waals surface area (Å²) in [5.41, 5.74) is 0.869. The van der Waals surface area contributed by atoms with Crippen LogP contribution in [-0.2, 0) is 10.0 Å². The molecular weight excluding hydrogens is 348 g/mol. The van der Waals surface area contributed by atoms with Crippen LogP contribution in [0.4, 0.5) is 5.95 Å². The van der Waals surface area contributed by atoms with E-state index in [2.05, 4.69) is 15.3 Å². The molecule has 8 heteroatoms. The van der Waals surface area contributed by atoms with Crippen LogP contribution in [0.2, 0.25) is 5.02 Å². The zero-order valence-electron chi connectivity index (χ0n) is 13.3. The topological polar surface area (TPSA) is 75.2 Å². The van der Waals surface area contributed by atoms with Crippen LogP contribution in [-0.4, -0.2) is 41.8 Å². The summed E-state index contributed by atoms with van der Waals surface area (Å²) in [5, 5.41) is 3.75. The summed E-state index contributed by atoms with van der Waals surface area (Å²) in [6.07, 6.45) is 3.36. The summed E-state index contributed by atoms with van der Waals surface area (Å²) in [6, 6.07) is 8.08. The third kappa shape index (κ3) is 3.85. The normalized spacial score (nSPS) is 19.2. The maximum atomic E-state index is 12.8. The fraction of sp³-hybridized carbons (Fsp3) is 0.375. The lowest BCUT2D eigenvalue weighted by molar-refractivity contribution is 0.326. The first kappa shape index (κ1) is 17.1. The van der Waals surface area contributed by atoms with Gasteiger partial charge >= 0.3 is 0 Å². The summed E-state index contributed by atoms with van der Waals surface area (Å²) in [5.74, 6) is 0.533. The van der Waals surface area contributed by atoms with Gasteiger partial charge in [-0.3, -0.25) is 0 Å². The average Bonchev–Trinajstić information content (AvgIpc) is 2.55. The van der Waals surface area contributed by atoms with Gasteiger partial charge in [-0.1, -0.05) is 11.6 Å². The maximum absolute atomic E-state index is 12.8. The van der Waals surface area contributed by atoms with E-state index in [1.54, 1.807) is 30.5 Å². The molecule has 24 heavy (non-hydrogen) atoms. The minimum absolute atomic E-state index is 0.0115. The van der Waals surface area contributed by atoms with Crippen LogP contribution < -0.4 is 5.32 Å². The van der Waals surface area contributed by atoms with Crippen LogP contribution in [0, 0.1) is 6.92 Å². The number of sulfonamides is 1. The first-order valence-corrected chi connectivity index (χ1v) is 9.59. The zero-order valence-corrected chi connectivity index (χ0v) is 14.9. The molecule has 1 aliphatic rings. The third-order valence-electron chi connectivity index (χ3n) is 3.96. The van der Waals surface area contributed by atoms with Crippen LogP contribution in [0.1, 0.15) is 18.5 Å². The van der Waals surface area contributed by atoms with Gasteiger partial charge in [-0.25, -0.2) is 18.4 Å². The van der Waals surface area contributed by atoms with Crippen molar-refractivity contribution in [2.24, 2.45) is 0 Å². The minimum atomic E-state index is -3.52. The average molecular weight is 367 g/mol. The molecule has 1 aromatic carbocycles. The van der Waals surface area contributed by atoms with E-state index in [0.717, 1.165) is 18.5 Å². The molecule has 1 aliphatic heterocycles. The van der Waals surface area contributed by atoms with Gasteiger partial charge in [0.05, 0.1) is 4.90 Å². The van der Waals surface area contributed by atoms with Crippen LogP contribution >= 0.6 is 11.6 Å². The molecule has 6 nitrogen and oxygen atoms in total. The fourth-order valence-electron chi connectivity index (χ4n) is 2.74. The highest BCUT2D eigenvalue weighted by Gasteiger charge is 2.30. The Morgan fingerprint density at radius 2 is 2.00 bits per heavy atom. The molecule has 2 heterocycles. The van der Waals surface area contributed by atoms with E-state index in [0.29, 0.717) is 24.1 Å². The summed E-state index contributed by atoms with van der Waals surface area (Å²) in [4.78, 5) is 8.76. The second kappa shape index (κ2) is 7.04. The Morgan fingerprint density at radius 1 is 1.25 bits per heavy atom. The van der Waals surface area contributed by atoms with Crippen molar-refractivity contribution < 1.29 is 8.42 Å². The molecule has 1 N–H and O–H groups in total. The molecule has 1 atom stereocenters. The Morgan fingerprint density at radius 3 is 2.71 bits per heavy atom. The molecule has 1 unspecified atom stereocenters. The number of nitrogens with zero attached hydrogens (tertiary/aromatic N) is 3. The number of halogens is 1. The molecule has 0 amide bonds. The molecule has 0 saturated carbocycles. The molecule has 128 valence electrons. The summed E-state index contributed by atoms with van der Waals surface area (Å²) in [6.45, 7) is 2.80. The number of anilines is 1. The van der Waals surface area contributed by atoms with E-state index in [-0.39, 0.29) is 10.9 Å². The van der Waals surface area contributed by atoms with E-state index in [9.17, 15) is 8.42 Å². The highest BCUT2D eigenvalue weighted by atomic mass is 35.5. The largest absolute Gasteiger partial charge is 0.350 e.